The zero-order valence-corrected chi connectivity index (χ0v) is 11.0. The van der Waals surface area contributed by atoms with Crippen LogP contribution in [0.3, 0.4) is 0 Å². The van der Waals surface area contributed by atoms with Gasteiger partial charge in [-0.3, -0.25) is 0 Å². The summed E-state index contributed by atoms with van der Waals surface area (Å²) in [7, 11) is 1.90. The number of aromatic nitrogens is 1. The summed E-state index contributed by atoms with van der Waals surface area (Å²) in [6, 6.07) is 4.68. The van der Waals surface area contributed by atoms with Crippen LogP contribution in [0.25, 0.3) is 0 Å². The molecule has 0 aliphatic heterocycles. The molecule has 0 spiro atoms. The lowest BCUT2D eigenvalue weighted by Gasteiger charge is -2.30. The molecule has 16 heavy (non-hydrogen) atoms. The Morgan fingerprint density at radius 3 is 2.50 bits per heavy atom. The van der Waals surface area contributed by atoms with Crippen LogP contribution in [0, 0.1) is 5.92 Å². The van der Waals surface area contributed by atoms with Crippen molar-refractivity contribution in [3.8, 4) is 0 Å². The second-order valence-corrected chi connectivity index (χ2v) is 4.79. The van der Waals surface area contributed by atoms with Crippen molar-refractivity contribution >= 4 is 11.5 Å². The molecular formula is C13H23N3. The second-order valence-electron chi connectivity index (χ2n) is 4.79. The number of hydrogen-bond donors (Lipinski definition) is 1. The van der Waals surface area contributed by atoms with Gasteiger partial charge in [-0.1, -0.05) is 13.8 Å². The lowest BCUT2D eigenvalue weighted by molar-refractivity contribution is 0.571. The van der Waals surface area contributed by atoms with E-state index in [9.17, 15) is 0 Å². The maximum atomic E-state index is 4.24. The fourth-order valence-corrected chi connectivity index (χ4v) is 1.74. The number of anilines is 2. The van der Waals surface area contributed by atoms with Crippen LogP contribution < -0.4 is 10.2 Å². The Bertz CT molecular complexity index is 321. The van der Waals surface area contributed by atoms with E-state index in [1.165, 1.54) is 5.69 Å². The number of nitrogens with one attached hydrogen (secondary N) is 1. The van der Waals surface area contributed by atoms with E-state index in [1.807, 2.05) is 13.2 Å². The van der Waals surface area contributed by atoms with E-state index in [0.29, 0.717) is 12.0 Å². The van der Waals surface area contributed by atoms with E-state index < -0.39 is 0 Å². The molecule has 0 unspecified atom stereocenters. The normalized spacial score (nSPS) is 10.9. The average Bonchev–Trinajstić information content (AvgIpc) is 2.25. The molecule has 0 aliphatic rings. The summed E-state index contributed by atoms with van der Waals surface area (Å²) in [6.07, 6.45) is 1.86. The molecule has 3 nitrogen and oxygen atoms in total. The van der Waals surface area contributed by atoms with Crippen LogP contribution >= 0.6 is 0 Å². The molecule has 90 valence electrons. The van der Waals surface area contributed by atoms with Crippen LogP contribution in [-0.4, -0.2) is 24.6 Å². The Labute approximate surface area is 98.9 Å². The lowest BCUT2D eigenvalue weighted by Crippen LogP contribution is -2.34. The predicted molar refractivity (Wildman–Crippen MR) is 71.1 cm³/mol. The van der Waals surface area contributed by atoms with E-state index in [0.717, 1.165) is 12.4 Å². The minimum Gasteiger partial charge on any atom is -0.373 e. The first kappa shape index (κ1) is 12.8. The molecule has 1 aromatic heterocycles. The summed E-state index contributed by atoms with van der Waals surface area (Å²) in [6.45, 7) is 10.0. The lowest BCUT2D eigenvalue weighted by atomic mass is 10.1. The molecule has 0 aliphatic carbocycles. The Kier molecular flexibility index (Phi) is 4.59. The van der Waals surface area contributed by atoms with Gasteiger partial charge in [0.15, 0.2) is 0 Å². The molecule has 3 heteroatoms. The Hall–Kier alpha value is -1.25. The summed E-state index contributed by atoms with van der Waals surface area (Å²) in [5.41, 5.74) is 1.24. The summed E-state index contributed by atoms with van der Waals surface area (Å²) in [4.78, 5) is 6.65. The first-order chi connectivity index (χ1) is 7.54. The predicted octanol–water partition coefficient (Wildman–Crippen LogP) is 2.99. The maximum absolute atomic E-state index is 4.24. The Morgan fingerprint density at radius 1 is 1.31 bits per heavy atom. The van der Waals surface area contributed by atoms with Crippen molar-refractivity contribution in [3.63, 3.8) is 0 Å². The van der Waals surface area contributed by atoms with Crippen LogP contribution in [0.1, 0.15) is 27.7 Å². The highest BCUT2D eigenvalue weighted by atomic mass is 15.2. The molecule has 0 bridgehead atoms. The first-order valence-electron chi connectivity index (χ1n) is 5.95. The summed E-state index contributed by atoms with van der Waals surface area (Å²) in [5.74, 6) is 1.58. The third kappa shape index (κ3) is 3.40. The summed E-state index contributed by atoms with van der Waals surface area (Å²) >= 11 is 0. The van der Waals surface area contributed by atoms with E-state index in [2.05, 4.69) is 55.0 Å². The highest BCUT2D eigenvalue weighted by Gasteiger charge is 2.12. The molecule has 0 radical (unpaired) electrons. The van der Waals surface area contributed by atoms with Crippen LogP contribution in [0.15, 0.2) is 18.3 Å². The van der Waals surface area contributed by atoms with Crippen molar-refractivity contribution in [2.45, 2.75) is 33.7 Å². The Morgan fingerprint density at radius 2 is 2.00 bits per heavy atom. The minimum atomic E-state index is 0.509. The molecular weight excluding hydrogens is 198 g/mol. The van der Waals surface area contributed by atoms with Gasteiger partial charge in [-0.05, 0) is 25.8 Å². The highest BCUT2D eigenvalue weighted by molar-refractivity contribution is 5.54. The average molecular weight is 221 g/mol. The highest BCUT2D eigenvalue weighted by Crippen LogP contribution is 2.20. The van der Waals surface area contributed by atoms with Crippen molar-refractivity contribution in [3.05, 3.63) is 18.3 Å². The van der Waals surface area contributed by atoms with Gasteiger partial charge in [-0.2, -0.15) is 0 Å². The van der Waals surface area contributed by atoms with Crippen LogP contribution in [0.5, 0.6) is 0 Å². The van der Waals surface area contributed by atoms with Gasteiger partial charge in [0.05, 0.1) is 0 Å². The van der Waals surface area contributed by atoms with Crippen molar-refractivity contribution < 1.29 is 0 Å². The molecule has 0 atom stereocenters. The number of rotatable bonds is 5. The SMILES string of the molecule is CNc1cc(N(CC(C)C)C(C)C)ccn1. The van der Waals surface area contributed by atoms with Crippen molar-refractivity contribution in [2.75, 3.05) is 23.8 Å². The molecule has 0 saturated carbocycles. The van der Waals surface area contributed by atoms with E-state index >= 15 is 0 Å². The molecule has 1 rings (SSSR count). The van der Waals surface area contributed by atoms with Crippen molar-refractivity contribution in [1.29, 1.82) is 0 Å². The number of hydrogen-bond acceptors (Lipinski definition) is 3. The van der Waals surface area contributed by atoms with E-state index in [-0.39, 0.29) is 0 Å². The molecule has 0 fully saturated rings. The second kappa shape index (κ2) is 5.73. The van der Waals surface area contributed by atoms with Crippen LogP contribution in [0.2, 0.25) is 0 Å². The number of nitrogens with zero attached hydrogens (tertiary/aromatic N) is 2. The first-order valence-corrected chi connectivity index (χ1v) is 5.95. The van der Waals surface area contributed by atoms with Gasteiger partial charge in [0.25, 0.3) is 0 Å². The zero-order valence-electron chi connectivity index (χ0n) is 11.0. The molecule has 0 saturated heterocycles. The number of pyridine rings is 1. The van der Waals surface area contributed by atoms with Gasteiger partial charge in [0.1, 0.15) is 5.82 Å². The van der Waals surface area contributed by atoms with Crippen molar-refractivity contribution in [1.82, 2.24) is 4.98 Å². The summed E-state index contributed by atoms with van der Waals surface area (Å²) in [5, 5.41) is 3.08. The van der Waals surface area contributed by atoms with Crippen molar-refractivity contribution in [2.24, 2.45) is 5.92 Å². The standard InChI is InChI=1S/C13H23N3/c1-10(2)9-16(11(3)4)12-6-7-15-13(8-12)14-5/h6-8,10-11H,9H2,1-5H3,(H,14,15). The maximum Gasteiger partial charge on any atom is 0.127 e. The summed E-state index contributed by atoms with van der Waals surface area (Å²) < 4.78 is 0. The molecule has 0 amide bonds. The minimum absolute atomic E-state index is 0.509. The quantitative estimate of drug-likeness (QED) is 0.828. The third-order valence-corrected chi connectivity index (χ3v) is 2.52. The molecule has 0 aromatic carbocycles. The van der Waals surface area contributed by atoms with Gasteiger partial charge >= 0.3 is 0 Å². The third-order valence-electron chi connectivity index (χ3n) is 2.52. The van der Waals surface area contributed by atoms with Gasteiger partial charge < -0.3 is 10.2 Å². The fraction of sp³-hybridized carbons (Fsp3) is 0.615. The largest absolute Gasteiger partial charge is 0.373 e. The molecule has 1 N–H and O–H groups in total. The monoisotopic (exact) mass is 221 g/mol. The van der Waals surface area contributed by atoms with Gasteiger partial charge in [0.2, 0.25) is 0 Å². The van der Waals surface area contributed by atoms with Gasteiger partial charge in [-0.15, -0.1) is 0 Å². The fourth-order valence-electron chi connectivity index (χ4n) is 1.74. The molecule has 1 aromatic rings. The molecule has 1 heterocycles. The van der Waals surface area contributed by atoms with Gasteiger partial charge in [0, 0.05) is 37.6 Å². The smallest absolute Gasteiger partial charge is 0.127 e. The van der Waals surface area contributed by atoms with E-state index in [4.69, 9.17) is 0 Å². The van der Waals surface area contributed by atoms with Gasteiger partial charge in [-0.25, -0.2) is 4.98 Å². The van der Waals surface area contributed by atoms with Crippen LogP contribution in [-0.2, 0) is 0 Å². The van der Waals surface area contributed by atoms with E-state index in [1.54, 1.807) is 0 Å². The zero-order chi connectivity index (χ0) is 12.1. The topological polar surface area (TPSA) is 28.2 Å². The van der Waals surface area contributed by atoms with Crippen LogP contribution in [0.4, 0.5) is 11.5 Å². The Balaban J connectivity index is 2.91.